The van der Waals surface area contributed by atoms with Gasteiger partial charge < -0.3 is 0 Å². The van der Waals surface area contributed by atoms with Crippen LogP contribution in [0.5, 0.6) is 0 Å². The van der Waals surface area contributed by atoms with Crippen LogP contribution in [-0.2, 0) is 10.2 Å². The molecule has 6 heteroatoms. The average Bonchev–Trinajstić information content (AvgIpc) is 3.02. The highest BCUT2D eigenvalue weighted by molar-refractivity contribution is 7.15. The van der Waals surface area contributed by atoms with E-state index < -0.39 is 0 Å². The minimum atomic E-state index is -0.179. The lowest BCUT2D eigenvalue weighted by atomic mass is 9.97. The van der Waals surface area contributed by atoms with Crippen molar-refractivity contribution in [3.05, 3.63) is 63.3 Å². The van der Waals surface area contributed by atoms with Gasteiger partial charge in [0, 0.05) is 10.3 Å². The topological polar surface area (TPSA) is 54.9 Å². The highest BCUT2D eigenvalue weighted by Gasteiger charge is 2.48. The summed E-state index contributed by atoms with van der Waals surface area (Å²) in [6.07, 6.45) is 2.18. The second-order valence-corrected chi connectivity index (χ2v) is 8.04. The van der Waals surface area contributed by atoms with Crippen molar-refractivity contribution in [2.45, 2.75) is 31.1 Å². The lowest BCUT2D eigenvalue weighted by molar-refractivity contribution is -0.117. The molecule has 0 bridgehead atoms. The molecule has 1 fully saturated rings. The molecule has 4 rings (SSSR count). The molecule has 1 saturated carbocycles. The molecule has 3 aromatic rings. The zero-order valence-electron chi connectivity index (χ0n) is 13.2. The first kappa shape index (κ1) is 15.5. The molecule has 0 radical (unpaired) electrons. The molecule has 1 aliphatic rings. The summed E-state index contributed by atoms with van der Waals surface area (Å²) in [5.74, 6) is -0.217. The van der Waals surface area contributed by atoms with E-state index in [-0.39, 0.29) is 17.2 Å². The molecule has 0 spiro atoms. The standard InChI is InChI=1S/C18H17N3OS2/c1-12(14-8-5-11-23-14)15(22)19-17-21-20-16(24-17)18(9-10-18)13-6-3-2-4-7-13/h2-8,11-12H,9-10H2,1H3,(H,19,21,22)/t12-/m1/s1. The highest BCUT2D eigenvalue weighted by Crippen LogP contribution is 2.54. The number of carbonyl (C=O) groups excluding carboxylic acids is 1. The number of thiophene rings is 1. The Bertz CT molecular complexity index is 838. The van der Waals surface area contributed by atoms with Crippen LogP contribution < -0.4 is 5.32 Å². The maximum atomic E-state index is 12.4. The van der Waals surface area contributed by atoms with Crippen LogP contribution in [0.15, 0.2) is 47.8 Å². The number of hydrogen-bond acceptors (Lipinski definition) is 5. The Morgan fingerprint density at radius 3 is 2.62 bits per heavy atom. The van der Waals surface area contributed by atoms with Crippen molar-refractivity contribution in [1.29, 1.82) is 0 Å². The van der Waals surface area contributed by atoms with E-state index in [9.17, 15) is 4.79 Å². The molecule has 1 N–H and O–H groups in total. The number of aromatic nitrogens is 2. The lowest BCUT2D eigenvalue weighted by Gasteiger charge is -2.11. The fraction of sp³-hybridized carbons (Fsp3) is 0.278. The molecular weight excluding hydrogens is 338 g/mol. The van der Waals surface area contributed by atoms with E-state index >= 15 is 0 Å². The summed E-state index contributed by atoms with van der Waals surface area (Å²) in [7, 11) is 0. The minimum Gasteiger partial charge on any atom is -0.300 e. The van der Waals surface area contributed by atoms with Gasteiger partial charge in [-0.3, -0.25) is 10.1 Å². The Labute approximate surface area is 148 Å². The van der Waals surface area contributed by atoms with E-state index in [2.05, 4.69) is 39.8 Å². The number of hydrogen-bond donors (Lipinski definition) is 1. The summed E-state index contributed by atoms with van der Waals surface area (Å²) >= 11 is 3.08. The van der Waals surface area contributed by atoms with E-state index in [4.69, 9.17) is 0 Å². The molecule has 2 aromatic heterocycles. The zero-order chi connectivity index (χ0) is 16.6. The zero-order valence-corrected chi connectivity index (χ0v) is 14.9. The summed E-state index contributed by atoms with van der Waals surface area (Å²) < 4.78 is 0. The van der Waals surface area contributed by atoms with Crippen molar-refractivity contribution in [2.24, 2.45) is 0 Å². The SMILES string of the molecule is C[C@@H](C(=O)Nc1nnc(C2(c3ccccc3)CC2)s1)c1cccs1. The fourth-order valence-corrected chi connectivity index (χ4v) is 4.65. The summed E-state index contributed by atoms with van der Waals surface area (Å²) in [6.45, 7) is 1.91. The monoisotopic (exact) mass is 355 g/mol. The van der Waals surface area contributed by atoms with Crippen LogP contribution in [0.2, 0.25) is 0 Å². The summed E-state index contributed by atoms with van der Waals surface area (Å²) in [5.41, 5.74) is 1.28. The molecule has 122 valence electrons. The highest BCUT2D eigenvalue weighted by atomic mass is 32.1. The summed E-state index contributed by atoms with van der Waals surface area (Å²) in [4.78, 5) is 13.4. The quantitative estimate of drug-likeness (QED) is 0.737. The number of anilines is 1. The average molecular weight is 355 g/mol. The van der Waals surface area contributed by atoms with E-state index in [1.165, 1.54) is 16.9 Å². The van der Waals surface area contributed by atoms with Crippen molar-refractivity contribution in [2.75, 3.05) is 5.32 Å². The van der Waals surface area contributed by atoms with Crippen molar-refractivity contribution in [3.63, 3.8) is 0 Å². The van der Waals surface area contributed by atoms with Crippen LogP contribution in [0.25, 0.3) is 0 Å². The smallest absolute Gasteiger partial charge is 0.234 e. The van der Waals surface area contributed by atoms with Crippen molar-refractivity contribution in [1.82, 2.24) is 10.2 Å². The second kappa shape index (κ2) is 6.11. The number of carbonyl (C=O) groups is 1. The molecule has 2 heterocycles. The van der Waals surface area contributed by atoms with Gasteiger partial charge in [-0.25, -0.2) is 0 Å². The van der Waals surface area contributed by atoms with E-state index in [1.54, 1.807) is 11.3 Å². The molecule has 4 nitrogen and oxygen atoms in total. The Hall–Kier alpha value is -2.05. The van der Waals surface area contributed by atoms with Crippen molar-refractivity contribution < 1.29 is 4.79 Å². The van der Waals surface area contributed by atoms with Gasteiger partial charge in [0.1, 0.15) is 5.01 Å². The van der Waals surface area contributed by atoms with Crippen molar-refractivity contribution in [3.8, 4) is 0 Å². The van der Waals surface area contributed by atoms with Gasteiger partial charge in [0.25, 0.3) is 0 Å². The number of nitrogens with one attached hydrogen (secondary N) is 1. The van der Waals surface area contributed by atoms with Crippen LogP contribution >= 0.6 is 22.7 Å². The normalized spacial score (nSPS) is 16.5. The Balaban J connectivity index is 1.51. The third kappa shape index (κ3) is 2.76. The summed E-state index contributed by atoms with van der Waals surface area (Å²) in [5, 5.41) is 15.0. The van der Waals surface area contributed by atoms with Gasteiger partial charge in [-0.2, -0.15) is 0 Å². The number of amides is 1. The van der Waals surface area contributed by atoms with Crippen LogP contribution in [0, 0.1) is 0 Å². The van der Waals surface area contributed by atoms with Gasteiger partial charge in [0.15, 0.2) is 0 Å². The number of nitrogens with zero attached hydrogens (tertiary/aromatic N) is 2. The first-order valence-corrected chi connectivity index (χ1v) is 9.62. The third-order valence-corrected chi connectivity index (χ3v) is 6.60. The maximum absolute atomic E-state index is 12.4. The predicted octanol–water partition coefficient (Wildman–Crippen LogP) is 4.42. The molecule has 1 atom stereocenters. The van der Waals surface area contributed by atoms with Crippen LogP contribution in [0.1, 0.15) is 41.1 Å². The van der Waals surface area contributed by atoms with Crippen LogP contribution in [-0.4, -0.2) is 16.1 Å². The molecule has 0 unspecified atom stereocenters. The first-order chi connectivity index (χ1) is 11.7. The Morgan fingerprint density at radius 1 is 1.17 bits per heavy atom. The first-order valence-electron chi connectivity index (χ1n) is 7.93. The van der Waals surface area contributed by atoms with Gasteiger partial charge in [0.05, 0.1) is 5.92 Å². The molecule has 0 aliphatic heterocycles. The molecule has 0 saturated heterocycles. The number of rotatable bonds is 5. The second-order valence-electron chi connectivity index (χ2n) is 6.09. The van der Waals surface area contributed by atoms with Crippen LogP contribution in [0.3, 0.4) is 0 Å². The third-order valence-electron chi connectivity index (χ3n) is 4.50. The Morgan fingerprint density at radius 2 is 1.96 bits per heavy atom. The van der Waals surface area contributed by atoms with E-state index in [0.29, 0.717) is 5.13 Å². The van der Waals surface area contributed by atoms with Gasteiger partial charge in [-0.05, 0) is 36.8 Å². The van der Waals surface area contributed by atoms with Crippen molar-refractivity contribution >= 4 is 33.7 Å². The van der Waals surface area contributed by atoms with E-state index in [0.717, 1.165) is 22.7 Å². The largest absolute Gasteiger partial charge is 0.300 e. The molecular formula is C18H17N3OS2. The Kier molecular flexibility index (Phi) is 3.94. The summed E-state index contributed by atoms with van der Waals surface area (Å²) in [6, 6.07) is 14.4. The molecule has 1 amide bonds. The molecule has 1 aliphatic carbocycles. The number of benzene rings is 1. The molecule has 1 aromatic carbocycles. The van der Waals surface area contributed by atoms with E-state index in [1.807, 2.05) is 30.5 Å². The molecule has 24 heavy (non-hydrogen) atoms. The van der Waals surface area contributed by atoms with Gasteiger partial charge in [0.2, 0.25) is 11.0 Å². The minimum absolute atomic E-state index is 0.00126. The predicted molar refractivity (Wildman–Crippen MR) is 97.7 cm³/mol. The maximum Gasteiger partial charge on any atom is 0.234 e. The lowest BCUT2D eigenvalue weighted by Crippen LogP contribution is -2.17. The van der Waals surface area contributed by atoms with Gasteiger partial charge in [-0.15, -0.1) is 21.5 Å². The van der Waals surface area contributed by atoms with Gasteiger partial charge >= 0.3 is 0 Å². The van der Waals surface area contributed by atoms with Crippen LogP contribution in [0.4, 0.5) is 5.13 Å². The fourth-order valence-electron chi connectivity index (χ4n) is 2.86. The van der Waals surface area contributed by atoms with Gasteiger partial charge in [-0.1, -0.05) is 47.7 Å².